The summed E-state index contributed by atoms with van der Waals surface area (Å²) in [6, 6.07) is 14.6. The van der Waals surface area contributed by atoms with E-state index in [2.05, 4.69) is 29.2 Å². The van der Waals surface area contributed by atoms with Gasteiger partial charge >= 0.3 is 0 Å². The van der Waals surface area contributed by atoms with E-state index in [1.165, 1.54) is 0 Å². The van der Waals surface area contributed by atoms with Crippen LogP contribution in [0.3, 0.4) is 0 Å². The van der Waals surface area contributed by atoms with Crippen LogP contribution in [0.2, 0.25) is 0 Å². The van der Waals surface area contributed by atoms with E-state index in [0.29, 0.717) is 0 Å². The number of rotatable bonds is 5. The lowest BCUT2D eigenvalue weighted by Crippen LogP contribution is -2.19. The smallest absolute Gasteiger partial charge is 0.115 e. The van der Waals surface area contributed by atoms with E-state index in [9.17, 15) is 10.2 Å². The molecule has 20 heavy (non-hydrogen) atoms. The Morgan fingerprint density at radius 2 is 1.30 bits per heavy atom. The molecule has 0 fully saturated rings. The summed E-state index contributed by atoms with van der Waals surface area (Å²) in [5.74, 6) is 0.531. The quantitative estimate of drug-likeness (QED) is 0.447. The summed E-state index contributed by atoms with van der Waals surface area (Å²) >= 11 is 2.44. The SMILES string of the molecule is C=CCCC(I)(c1ccc(O)cc1)c1ccc(O)cc1. The standard InChI is InChI=1S/C17H17IO2/c1-2-3-12-17(18,13-4-8-15(19)9-5-13)14-6-10-16(20)11-7-14/h2,4-11,19-20H,1,3,12H2. The molecule has 0 aliphatic rings. The molecule has 0 aromatic heterocycles. The Bertz CT molecular complexity index is 527. The van der Waals surface area contributed by atoms with Gasteiger partial charge in [0.15, 0.2) is 0 Å². The van der Waals surface area contributed by atoms with Gasteiger partial charge in [0.1, 0.15) is 11.5 Å². The van der Waals surface area contributed by atoms with Gasteiger partial charge in [-0.15, -0.1) is 6.58 Å². The fourth-order valence-electron chi connectivity index (χ4n) is 2.21. The van der Waals surface area contributed by atoms with Gasteiger partial charge in [-0.05, 0) is 48.2 Å². The molecule has 2 aromatic carbocycles. The van der Waals surface area contributed by atoms with Crippen LogP contribution in [-0.4, -0.2) is 10.2 Å². The monoisotopic (exact) mass is 380 g/mol. The lowest BCUT2D eigenvalue weighted by atomic mass is 9.87. The molecule has 2 N–H and O–H groups in total. The van der Waals surface area contributed by atoms with Gasteiger partial charge in [0.2, 0.25) is 0 Å². The average Bonchev–Trinajstić information content (AvgIpc) is 2.46. The summed E-state index contributed by atoms with van der Waals surface area (Å²) in [4.78, 5) is 0. The minimum atomic E-state index is -0.201. The number of phenols is 2. The summed E-state index contributed by atoms with van der Waals surface area (Å²) in [7, 11) is 0. The Hall–Kier alpha value is -1.49. The molecule has 0 amide bonds. The summed E-state index contributed by atoms with van der Waals surface area (Å²) < 4.78 is -0.201. The predicted octanol–water partition coefficient (Wildman–Crippen LogP) is 4.74. The second kappa shape index (κ2) is 6.31. The summed E-state index contributed by atoms with van der Waals surface area (Å²) in [6.45, 7) is 3.80. The van der Waals surface area contributed by atoms with Crippen LogP contribution in [0.25, 0.3) is 0 Å². The minimum absolute atomic E-state index is 0.201. The molecule has 0 atom stereocenters. The van der Waals surface area contributed by atoms with E-state index in [1.807, 2.05) is 30.3 Å². The normalized spacial score (nSPS) is 11.2. The Morgan fingerprint density at radius 1 is 0.900 bits per heavy atom. The van der Waals surface area contributed by atoms with E-state index in [4.69, 9.17) is 0 Å². The van der Waals surface area contributed by atoms with Crippen molar-refractivity contribution in [2.24, 2.45) is 0 Å². The summed E-state index contributed by atoms with van der Waals surface area (Å²) in [5.41, 5.74) is 2.26. The maximum Gasteiger partial charge on any atom is 0.115 e. The third-order valence-corrected chi connectivity index (χ3v) is 5.13. The number of allylic oxidation sites excluding steroid dienone is 1. The maximum atomic E-state index is 9.45. The fourth-order valence-corrected chi connectivity index (χ4v) is 3.24. The lowest BCUT2D eigenvalue weighted by Gasteiger charge is -2.29. The molecular formula is C17H17IO2. The van der Waals surface area contributed by atoms with Crippen molar-refractivity contribution in [3.05, 3.63) is 72.3 Å². The Kier molecular flexibility index (Phi) is 4.70. The van der Waals surface area contributed by atoms with Crippen molar-refractivity contribution in [2.45, 2.75) is 16.3 Å². The molecule has 3 heteroatoms. The van der Waals surface area contributed by atoms with Gasteiger partial charge in [0.05, 0.1) is 3.42 Å². The third kappa shape index (κ3) is 3.15. The zero-order valence-electron chi connectivity index (χ0n) is 11.1. The second-order valence-corrected chi connectivity index (χ2v) is 6.56. The number of halogens is 1. The number of phenolic OH excluding ortho intramolecular Hbond substituents is 2. The molecular weight excluding hydrogens is 363 g/mol. The van der Waals surface area contributed by atoms with Crippen molar-refractivity contribution in [3.8, 4) is 11.5 Å². The average molecular weight is 380 g/mol. The largest absolute Gasteiger partial charge is 0.508 e. The number of benzene rings is 2. The molecule has 0 spiro atoms. The molecule has 0 saturated heterocycles. The van der Waals surface area contributed by atoms with E-state index < -0.39 is 0 Å². The second-order valence-electron chi connectivity index (χ2n) is 4.72. The Morgan fingerprint density at radius 3 is 1.65 bits per heavy atom. The van der Waals surface area contributed by atoms with Crippen molar-refractivity contribution in [2.75, 3.05) is 0 Å². The van der Waals surface area contributed by atoms with Crippen molar-refractivity contribution in [1.29, 1.82) is 0 Å². The Labute approximate surface area is 132 Å². The molecule has 0 bridgehead atoms. The Balaban J connectivity index is 2.46. The van der Waals surface area contributed by atoms with Crippen molar-refractivity contribution < 1.29 is 10.2 Å². The number of alkyl halides is 1. The van der Waals surface area contributed by atoms with Crippen LogP contribution in [0.5, 0.6) is 11.5 Å². The van der Waals surface area contributed by atoms with E-state index in [1.54, 1.807) is 24.3 Å². The van der Waals surface area contributed by atoms with Crippen molar-refractivity contribution in [3.63, 3.8) is 0 Å². The first-order valence-electron chi connectivity index (χ1n) is 6.45. The first kappa shape index (κ1) is 14.9. The van der Waals surface area contributed by atoms with Gasteiger partial charge in [-0.2, -0.15) is 0 Å². The summed E-state index contributed by atoms with van der Waals surface area (Å²) in [5, 5.41) is 18.9. The van der Waals surface area contributed by atoms with Crippen LogP contribution in [-0.2, 0) is 3.42 Å². The third-order valence-electron chi connectivity index (χ3n) is 3.34. The van der Waals surface area contributed by atoms with Crippen molar-refractivity contribution >= 4 is 22.6 Å². The first-order chi connectivity index (χ1) is 9.56. The molecule has 2 rings (SSSR count). The summed E-state index contributed by atoms with van der Waals surface area (Å²) in [6.07, 6.45) is 3.71. The van der Waals surface area contributed by atoms with Gasteiger partial charge in [0, 0.05) is 0 Å². The first-order valence-corrected chi connectivity index (χ1v) is 7.53. The van der Waals surface area contributed by atoms with Crippen molar-refractivity contribution in [1.82, 2.24) is 0 Å². The highest BCUT2D eigenvalue weighted by Gasteiger charge is 2.30. The van der Waals surface area contributed by atoms with Gasteiger partial charge in [-0.25, -0.2) is 0 Å². The predicted molar refractivity (Wildman–Crippen MR) is 90.4 cm³/mol. The van der Waals surface area contributed by atoms with Crippen LogP contribution >= 0.6 is 22.6 Å². The zero-order chi connectivity index (χ0) is 14.6. The lowest BCUT2D eigenvalue weighted by molar-refractivity contribution is 0.474. The highest BCUT2D eigenvalue weighted by atomic mass is 127. The molecule has 0 aliphatic heterocycles. The van der Waals surface area contributed by atoms with Gasteiger partial charge in [-0.1, -0.05) is 52.9 Å². The van der Waals surface area contributed by atoms with Crippen LogP contribution in [0.4, 0.5) is 0 Å². The zero-order valence-corrected chi connectivity index (χ0v) is 13.2. The van der Waals surface area contributed by atoms with Crippen LogP contribution < -0.4 is 0 Å². The molecule has 0 aliphatic carbocycles. The number of aromatic hydroxyl groups is 2. The molecule has 2 nitrogen and oxygen atoms in total. The molecule has 0 radical (unpaired) electrons. The molecule has 0 heterocycles. The van der Waals surface area contributed by atoms with Crippen LogP contribution in [0, 0.1) is 0 Å². The van der Waals surface area contributed by atoms with E-state index in [-0.39, 0.29) is 14.9 Å². The number of hydrogen-bond acceptors (Lipinski definition) is 2. The highest BCUT2D eigenvalue weighted by molar-refractivity contribution is 14.1. The fraction of sp³-hybridized carbons (Fsp3) is 0.176. The minimum Gasteiger partial charge on any atom is -0.508 e. The molecule has 104 valence electrons. The van der Waals surface area contributed by atoms with Gasteiger partial charge < -0.3 is 10.2 Å². The van der Waals surface area contributed by atoms with Gasteiger partial charge in [0.25, 0.3) is 0 Å². The molecule has 0 saturated carbocycles. The topological polar surface area (TPSA) is 40.5 Å². The van der Waals surface area contributed by atoms with Gasteiger partial charge in [-0.3, -0.25) is 0 Å². The van der Waals surface area contributed by atoms with Crippen LogP contribution in [0.15, 0.2) is 61.2 Å². The van der Waals surface area contributed by atoms with E-state index >= 15 is 0 Å². The van der Waals surface area contributed by atoms with Crippen LogP contribution in [0.1, 0.15) is 24.0 Å². The maximum absolute atomic E-state index is 9.45. The molecule has 2 aromatic rings. The molecule has 0 unspecified atom stereocenters. The highest BCUT2D eigenvalue weighted by Crippen LogP contribution is 2.44. The number of hydrogen-bond donors (Lipinski definition) is 2. The van der Waals surface area contributed by atoms with E-state index in [0.717, 1.165) is 24.0 Å².